The summed E-state index contributed by atoms with van der Waals surface area (Å²) in [7, 11) is 0. The summed E-state index contributed by atoms with van der Waals surface area (Å²) >= 11 is 0. The van der Waals surface area contributed by atoms with Gasteiger partial charge in [-0.25, -0.2) is 0 Å². The predicted octanol–water partition coefficient (Wildman–Crippen LogP) is 1.44. The molecule has 1 fully saturated rings. The van der Waals surface area contributed by atoms with Crippen LogP contribution in [0.2, 0.25) is 0 Å². The summed E-state index contributed by atoms with van der Waals surface area (Å²) in [6, 6.07) is 3.72. The number of pyridine rings is 1. The second kappa shape index (κ2) is 8.05. The van der Waals surface area contributed by atoms with Crippen LogP contribution in [0.1, 0.15) is 13.8 Å². The topological polar surface area (TPSA) is 72.6 Å². The van der Waals surface area contributed by atoms with Gasteiger partial charge < -0.3 is 20.5 Å². The standard InChI is InChI=1S/C15H26N4O2/c1-12(2)11-21-15-13(16)3-4-14(18-15)17-5-6-19-7-9-20-10-8-19/h3-4,12H,5-11,16H2,1-2H3,(H,17,18). The Morgan fingerprint density at radius 1 is 1.38 bits per heavy atom. The third-order valence-electron chi connectivity index (χ3n) is 3.28. The van der Waals surface area contributed by atoms with Crippen molar-refractivity contribution in [2.24, 2.45) is 5.92 Å². The van der Waals surface area contributed by atoms with Crippen LogP contribution in [0.5, 0.6) is 5.88 Å². The predicted molar refractivity (Wildman–Crippen MR) is 84.7 cm³/mol. The van der Waals surface area contributed by atoms with Crippen LogP contribution in [-0.2, 0) is 4.74 Å². The molecule has 6 nitrogen and oxygen atoms in total. The fourth-order valence-electron chi connectivity index (χ4n) is 2.08. The summed E-state index contributed by atoms with van der Waals surface area (Å²) in [6.07, 6.45) is 0. The smallest absolute Gasteiger partial charge is 0.239 e. The molecule has 0 amide bonds. The number of nitrogens with two attached hydrogens (primary N) is 1. The Bertz CT molecular complexity index is 434. The van der Waals surface area contributed by atoms with Gasteiger partial charge in [0.15, 0.2) is 0 Å². The second-order valence-corrected chi connectivity index (χ2v) is 5.68. The van der Waals surface area contributed by atoms with Crippen molar-refractivity contribution < 1.29 is 9.47 Å². The molecule has 0 aliphatic carbocycles. The molecule has 0 spiro atoms. The lowest BCUT2D eigenvalue weighted by atomic mass is 10.2. The van der Waals surface area contributed by atoms with E-state index in [2.05, 4.69) is 29.0 Å². The van der Waals surface area contributed by atoms with Gasteiger partial charge in [0.2, 0.25) is 5.88 Å². The van der Waals surface area contributed by atoms with Gasteiger partial charge in [-0.15, -0.1) is 0 Å². The highest BCUT2D eigenvalue weighted by Gasteiger charge is 2.10. The van der Waals surface area contributed by atoms with Gasteiger partial charge >= 0.3 is 0 Å². The number of hydrogen-bond donors (Lipinski definition) is 2. The molecule has 1 aromatic heterocycles. The van der Waals surface area contributed by atoms with Gasteiger partial charge in [-0.3, -0.25) is 4.90 Å². The molecule has 2 rings (SSSR count). The van der Waals surface area contributed by atoms with Crippen LogP contribution >= 0.6 is 0 Å². The van der Waals surface area contributed by atoms with E-state index in [1.165, 1.54) is 0 Å². The van der Waals surface area contributed by atoms with E-state index in [4.69, 9.17) is 15.2 Å². The molecular weight excluding hydrogens is 268 g/mol. The highest BCUT2D eigenvalue weighted by atomic mass is 16.5. The van der Waals surface area contributed by atoms with Gasteiger partial charge in [-0.2, -0.15) is 4.98 Å². The van der Waals surface area contributed by atoms with Gasteiger partial charge in [0, 0.05) is 26.2 Å². The Kier molecular flexibility index (Phi) is 6.07. The minimum Gasteiger partial charge on any atom is -0.476 e. The van der Waals surface area contributed by atoms with Crippen molar-refractivity contribution >= 4 is 11.5 Å². The van der Waals surface area contributed by atoms with Gasteiger partial charge in [0.05, 0.1) is 25.5 Å². The summed E-state index contributed by atoms with van der Waals surface area (Å²) in [5.74, 6) is 1.76. The molecule has 0 radical (unpaired) electrons. The molecule has 6 heteroatoms. The summed E-state index contributed by atoms with van der Waals surface area (Å²) in [6.45, 7) is 10.3. The molecule has 0 unspecified atom stereocenters. The first-order chi connectivity index (χ1) is 10.1. The normalized spacial score (nSPS) is 16.1. The monoisotopic (exact) mass is 294 g/mol. The average molecular weight is 294 g/mol. The first kappa shape index (κ1) is 15.9. The van der Waals surface area contributed by atoms with E-state index in [1.54, 1.807) is 0 Å². The molecule has 21 heavy (non-hydrogen) atoms. The van der Waals surface area contributed by atoms with Crippen molar-refractivity contribution in [2.75, 3.05) is 57.1 Å². The number of rotatable bonds is 7. The van der Waals surface area contributed by atoms with E-state index in [1.807, 2.05) is 12.1 Å². The largest absolute Gasteiger partial charge is 0.476 e. The van der Waals surface area contributed by atoms with E-state index < -0.39 is 0 Å². The zero-order valence-electron chi connectivity index (χ0n) is 13.0. The third kappa shape index (κ3) is 5.40. The van der Waals surface area contributed by atoms with E-state index in [0.29, 0.717) is 24.1 Å². The molecule has 0 aromatic carbocycles. The maximum atomic E-state index is 5.88. The van der Waals surface area contributed by atoms with Gasteiger partial charge in [-0.1, -0.05) is 13.8 Å². The van der Waals surface area contributed by atoms with Crippen molar-refractivity contribution in [1.29, 1.82) is 0 Å². The quantitative estimate of drug-likeness (QED) is 0.793. The molecule has 2 heterocycles. The third-order valence-corrected chi connectivity index (χ3v) is 3.28. The lowest BCUT2D eigenvalue weighted by molar-refractivity contribution is 0.0398. The zero-order chi connectivity index (χ0) is 15.1. The highest BCUT2D eigenvalue weighted by molar-refractivity contribution is 5.53. The minimum absolute atomic E-state index is 0.448. The van der Waals surface area contributed by atoms with E-state index >= 15 is 0 Å². The molecule has 1 aliphatic heterocycles. The molecule has 1 aromatic rings. The summed E-state index contributed by atoms with van der Waals surface area (Å²) in [5.41, 5.74) is 6.46. The van der Waals surface area contributed by atoms with Crippen LogP contribution in [0.25, 0.3) is 0 Å². The van der Waals surface area contributed by atoms with Crippen LogP contribution < -0.4 is 15.8 Å². The number of morpholine rings is 1. The van der Waals surface area contributed by atoms with Crippen molar-refractivity contribution in [2.45, 2.75) is 13.8 Å². The molecule has 0 bridgehead atoms. The number of nitrogen functional groups attached to an aromatic ring is 1. The number of nitrogens with zero attached hydrogens (tertiary/aromatic N) is 2. The zero-order valence-corrected chi connectivity index (χ0v) is 13.0. The fraction of sp³-hybridized carbons (Fsp3) is 0.667. The van der Waals surface area contributed by atoms with Crippen LogP contribution in [0.3, 0.4) is 0 Å². The highest BCUT2D eigenvalue weighted by Crippen LogP contribution is 2.21. The lowest BCUT2D eigenvalue weighted by Crippen LogP contribution is -2.39. The molecule has 0 atom stereocenters. The number of nitrogens with one attached hydrogen (secondary N) is 1. The molecule has 3 N–H and O–H groups in total. The summed E-state index contributed by atoms with van der Waals surface area (Å²) < 4.78 is 11.0. The number of aromatic nitrogens is 1. The summed E-state index contributed by atoms with van der Waals surface area (Å²) in [4.78, 5) is 6.80. The Morgan fingerprint density at radius 2 is 2.14 bits per heavy atom. The number of anilines is 2. The molecule has 1 aliphatic rings. The van der Waals surface area contributed by atoms with E-state index in [0.717, 1.165) is 45.2 Å². The Hall–Kier alpha value is -1.53. The molecular formula is C15H26N4O2. The van der Waals surface area contributed by atoms with Gasteiger partial charge in [0.25, 0.3) is 0 Å². The first-order valence-corrected chi connectivity index (χ1v) is 7.58. The van der Waals surface area contributed by atoms with Crippen molar-refractivity contribution in [3.05, 3.63) is 12.1 Å². The molecule has 0 saturated carbocycles. The lowest BCUT2D eigenvalue weighted by Gasteiger charge is -2.26. The molecule has 118 valence electrons. The van der Waals surface area contributed by atoms with Crippen molar-refractivity contribution in [3.8, 4) is 5.88 Å². The summed E-state index contributed by atoms with van der Waals surface area (Å²) in [5, 5.41) is 3.32. The maximum Gasteiger partial charge on any atom is 0.239 e. The average Bonchev–Trinajstić information content (AvgIpc) is 2.48. The molecule has 1 saturated heterocycles. The van der Waals surface area contributed by atoms with Crippen molar-refractivity contribution in [1.82, 2.24) is 9.88 Å². The van der Waals surface area contributed by atoms with E-state index in [-0.39, 0.29) is 0 Å². The Morgan fingerprint density at radius 3 is 2.86 bits per heavy atom. The van der Waals surface area contributed by atoms with Gasteiger partial charge in [-0.05, 0) is 18.1 Å². The van der Waals surface area contributed by atoms with Crippen LogP contribution in [0.4, 0.5) is 11.5 Å². The number of ether oxygens (including phenoxy) is 2. The minimum atomic E-state index is 0.448. The SMILES string of the molecule is CC(C)COc1nc(NCCN2CCOCC2)ccc1N. The van der Waals surface area contributed by atoms with Crippen LogP contribution in [-0.4, -0.2) is 55.9 Å². The Balaban J connectivity index is 1.80. The fourth-order valence-corrected chi connectivity index (χ4v) is 2.08. The maximum absolute atomic E-state index is 5.88. The van der Waals surface area contributed by atoms with Crippen LogP contribution in [0, 0.1) is 5.92 Å². The first-order valence-electron chi connectivity index (χ1n) is 7.58. The number of hydrogen-bond acceptors (Lipinski definition) is 6. The second-order valence-electron chi connectivity index (χ2n) is 5.68. The van der Waals surface area contributed by atoms with E-state index in [9.17, 15) is 0 Å². The van der Waals surface area contributed by atoms with Crippen LogP contribution in [0.15, 0.2) is 12.1 Å². The van der Waals surface area contributed by atoms with Crippen molar-refractivity contribution in [3.63, 3.8) is 0 Å². The Labute approximate surface area is 126 Å². The van der Waals surface area contributed by atoms with Gasteiger partial charge in [0.1, 0.15) is 5.82 Å².